The van der Waals surface area contributed by atoms with E-state index in [0.29, 0.717) is 32.4 Å². The number of benzene rings is 2. The average Bonchev–Trinajstić information content (AvgIpc) is 3.09. The Kier molecular flexibility index (Phi) is 7.08. The van der Waals surface area contributed by atoms with Gasteiger partial charge in [0, 0.05) is 27.7 Å². The van der Waals surface area contributed by atoms with Crippen molar-refractivity contribution in [3.63, 3.8) is 0 Å². The first-order chi connectivity index (χ1) is 15.3. The van der Waals surface area contributed by atoms with Gasteiger partial charge < -0.3 is 0 Å². The fraction of sp³-hybridized carbons (Fsp3) is 0.304. The molecule has 1 saturated heterocycles. The van der Waals surface area contributed by atoms with Crippen LogP contribution in [0, 0.1) is 12.8 Å². The summed E-state index contributed by atoms with van der Waals surface area (Å²) in [6.07, 6.45) is 2.09. The van der Waals surface area contributed by atoms with E-state index in [9.17, 15) is 4.79 Å². The number of nitrogens with one attached hydrogen (secondary N) is 1. The number of hydrazine groups is 1. The first-order valence-corrected chi connectivity index (χ1v) is 12.0. The number of carbonyl (C=O) groups is 1. The maximum Gasteiger partial charge on any atom is 0.286 e. The van der Waals surface area contributed by atoms with Crippen molar-refractivity contribution in [2.45, 2.75) is 32.1 Å². The maximum absolute atomic E-state index is 13.3. The third-order valence-corrected chi connectivity index (χ3v) is 7.30. The van der Waals surface area contributed by atoms with Gasteiger partial charge in [0.05, 0.1) is 21.8 Å². The van der Waals surface area contributed by atoms with Crippen LogP contribution in [-0.2, 0) is 0 Å². The molecule has 0 bridgehead atoms. The molecule has 0 saturated carbocycles. The minimum atomic E-state index is -0.283. The minimum Gasteiger partial charge on any atom is -0.282 e. The van der Waals surface area contributed by atoms with Crippen LogP contribution in [0.1, 0.15) is 35.8 Å². The van der Waals surface area contributed by atoms with E-state index < -0.39 is 0 Å². The van der Waals surface area contributed by atoms with E-state index in [1.54, 1.807) is 35.0 Å². The van der Waals surface area contributed by atoms with E-state index in [4.69, 9.17) is 34.8 Å². The summed E-state index contributed by atoms with van der Waals surface area (Å²) < 4.78 is 1.68. The minimum absolute atomic E-state index is 0.0449. The molecule has 4 rings (SSSR count). The van der Waals surface area contributed by atoms with Crippen LogP contribution in [0.15, 0.2) is 42.5 Å². The molecular weight excluding hydrogens is 487 g/mol. The van der Waals surface area contributed by atoms with Gasteiger partial charge in [-0.05, 0) is 56.0 Å². The molecule has 9 heteroatoms. The summed E-state index contributed by atoms with van der Waals surface area (Å²) in [6.45, 7) is 4.76. The summed E-state index contributed by atoms with van der Waals surface area (Å²) in [7, 11) is 0. The van der Waals surface area contributed by atoms with E-state index in [1.165, 1.54) is 0 Å². The summed E-state index contributed by atoms with van der Waals surface area (Å²) in [5.41, 5.74) is 6.30. The molecule has 1 amide bonds. The van der Waals surface area contributed by atoms with E-state index in [-0.39, 0.29) is 11.3 Å². The summed E-state index contributed by atoms with van der Waals surface area (Å²) in [6, 6.07) is 12.6. The van der Waals surface area contributed by atoms with Gasteiger partial charge in [0.1, 0.15) is 0 Å². The average molecular weight is 510 g/mol. The highest BCUT2D eigenvalue weighted by atomic mass is 35.5. The number of rotatable bonds is 4. The van der Waals surface area contributed by atoms with Crippen molar-refractivity contribution in [3.8, 4) is 16.9 Å². The zero-order valence-electron chi connectivity index (χ0n) is 17.6. The van der Waals surface area contributed by atoms with Crippen LogP contribution in [0.5, 0.6) is 0 Å². The van der Waals surface area contributed by atoms with Crippen molar-refractivity contribution in [2.24, 2.45) is 5.92 Å². The Hall–Kier alpha value is -1.70. The van der Waals surface area contributed by atoms with E-state index >= 15 is 0 Å². The van der Waals surface area contributed by atoms with Crippen LogP contribution in [0.25, 0.3) is 16.9 Å². The number of amides is 1. The molecule has 32 heavy (non-hydrogen) atoms. The first kappa shape index (κ1) is 23.5. The zero-order chi connectivity index (χ0) is 23.0. The summed E-state index contributed by atoms with van der Waals surface area (Å²) in [4.78, 5) is 13.3. The molecule has 0 aliphatic carbocycles. The molecule has 1 aromatic heterocycles. The molecule has 1 fully saturated rings. The summed E-state index contributed by atoms with van der Waals surface area (Å²) >= 11 is 23.4. The molecule has 0 spiro atoms. The monoisotopic (exact) mass is 508 g/mol. The molecule has 2 atom stereocenters. The second kappa shape index (κ2) is 9.65. The Bertz CT molecular complexity index is 1150. The van der Waals surface area contributed by atoms with Crippen LogP contribution in [0.4, 0.5) is 0 Å². The smallest absolute Gasteiger partial charge is 0.282 e. The molecule has 2 aromatic carbocycles. The third-order valence-electron chi connectivity index (χ3n) is 5.72. The molecular formula is C23H23Cl3N4OS. The van der Waals surface area contributed by atoms with E-state index in [0.717, 1.165) is 36.2 Å². The second-order valence-electron chi connectivity index (χ2n) is 8.00. The van der Waals surface area contributed by atoms with Crippen molar-refractivity contribution in [3.05, 3.63) is 68.8 Å². The first-order valence-electron chi connectivity index (χ1n) is 10.3. The lowest BCUT2D eigenvalue weighted by atomic mass is 10.0. The maximum atomic E-state index is 13.3. The molecule has 0 radical (unpaired) electrons. The van der Waals surface area contributed by atoms with Gasteiger partial charge in [-0.3, -0.25) is 10.2 Å². The lowest BCUT2D eigenvalue weighted by Crippen LogP contribution is -2.51. The van der Waals surface area contributed by atoms with Gasteiger partial charge in [0.2, 0.25) is 0 Å². The number of thiol groups is 1. The van der Waals surface area contributed by atoms with Crippen LogP contribution >= 0.6 is 47.4 Å². The quantitative estimate of drug-likeness (QED) is 0.398. The fourth-order valence-corrected chi connectivity index (χ4v) is 4.90. The number of aromatic nitrogens is 2. The molecule has 1 aliphatic heterocycles. The Morgan fingerprint density at radius 1 is 1.12 bits per heavy atom. The van der Waals surface area contributed by atoms with Crippen LogP contribution in [0.3, 0.4) is 0 Å². The number of piperidine rings is 1. The molecule has 168 valence electrons. The predicted octanol–water partition coefficient (Wildman–Crippen LogP) is 6.44. The summed E-state index contributed by atoms with van der Waals surface area (Å²) in [5, 5.41) is 8.09. The van der Waals surface area contributed by atoms with E-state index in [2.05, 4.69) is 30.1 Å². The van der Waals surface area contributed by atoms with E-state index in [1.807, 2.05) is 24.1 Å². The predicted molar refractivity (Wildman–Crippen MR) is 134 cm³/mol. The second-order valence-corrected chi connectivity index (χ2v) is 9.81. The summed E-state index contributed by atoms with van der Waals surface area (Å²) in [5.74, 6) is 0.0956. The highest BCUT2D eigenvalue weighted by Crippen LogP contribution is 2.33. The van der Waals surface area contributed by atoms with Crippen molar-refractivity contribution in [2.75, 3.05) is 6.54 Å². The largest absolute Gasteiger partial charge is 0.286 e. The number of hydrogen-bond donors (Lipinski definition) is 2. The molecule has 1 aliphatic rings. The Balaban J connectivity index is 1.78. The highest BCUT2D eigenvalue weighted by molar-refractivity contribution is 7.80. The number of halogens is 3. The Labute approximate surface area is 208 Å². The standard InChI is InChI=1S/C23H23Cl3N4OS/c1-13-4-3-11-29(23(13)32)28-22(31)20-14(2)21(15-5-7-16(24)8-6-15)30(27-20)19-10-9-17(25)12-18(19)26/h5-10,12-13,23,32H,3-4,11H2,1-2H3,(H,28,31). The molecule has 5 nitrogen and oxygen atoms in total. The number of nitrogens with zero attached hydrogens (tertiary/aromatic N) is 3. The van der Waals surface area contributed by atoms with Gasteiger partial charge in [-0.15, -0.1) is 0 Å². The SMILES string of the molecule is Cc1c(C(=O)NN2CCCC(C)C2S)nn(-c2ccc(Cl)cc2Cl)c1-c1ccc(Cl)cc1. The number of hydrogen-bond acceptors (Lipinski definition) is 4. The van der Waals surface area contributed by atoms with Gasteiger partial charge in [-0.1, -0.05) is 53.9 Å². The van der Waals surface area contributed by atoms with Crippen molar-refractivity contribution in [1.82, 2.24) is 20.2 Å². The Morgan fingerprint density at radius 2 is 1.81 bits per heavy atom. The number of carbonyl (C=O) groups excluding carboxylic acids is 1. The topological polar surface area (TPSA) is 50.2 Å². The lowest BCUT2D eigenvalue weighted by molar-refractivity contribution is 0.0631. The molecule has 1 N–H and O–H groups in total. The van der Waals surface area contributed by atoms with Gasteiger partial charge in [-0.25, -0.2) is 9.69 Å². The normalized spacial score (nSPS) is 19.2. The third kappa shape index (κ3) is 4.66. The van der Waals surface area contributed by atoms with Crippen molar-refractivity contribution in [1.29, 1.82) is 0 Å². The van der Waals surface area contributed by atoms with Gasteiger partial charge >= 0.3 is 0 Å². The zero-order valence-corrected chi connectivity index (χ0v) is 20.8. The highest BCUT2D eigenvalue weighted by Gasteiger charge is 2.29. The lowest BCUT2D eigenvalue weighted by Gasteiger charge is -2.36. The van der Waals surface area contributed by atoms with Gasteiger partial charge in [0.25, 0.3) is 5.91 Å². The fourth-order valence-electron chi connectivity index (χ4n) is 3.96. The molecule has 2 heterocycles. The molecule has 3 aromatic rings. The Morgan fingerprint density at radius 3 is 2.50 bits per heavy atom. The van der Waals surface area contributed by atoms with Crippen LogP contribution in [0.2, 0.25) is 15.1 Å². The van der Waals surface area contributed by atoms with Gasteiger partial charge in [-0.2, -0.15) is 17.7 Å². The van der Waals surface area contributed by atoms with Crippen molar-refractivity contribution >= 4 is 53.3 Å². The van der Waals surface area contributed by atoms with Gasteiger partial charge in [0.15, 0.2) is 5.69 Å². The van der Waals surface area contributed by atoms with Crippen molar-refractivity contribution < 1.29 is 4.79 Å². The van der Waals surface area contributed by atoms with Crippen LogP contribution < -0.4 is 5.43 Å². The van der Waals surface area contributed by atoms with Crippen LogP contribution in [-0.4, -0.2) is 32.6 Å². The molecule has 2 unspecified atom stereocenters.